The first-order valence-corrected chi connectivity index (χ1v) is 6.76. The molecule has 0 aromatic carbocycles. The van der Waals surface area contributed by atoms with Gasteiger partial charge in [0.2, 0.25) is 5.91 Å². The van der Waals surface area contributed by atoms with Crippen LogP contribution < -0.4 is 5.32 Å². The van der Waals surface area contributed by atoms with E-state index in [4.69, 9.17) is 5.11 Å². The zero-order valence-corrected chi connectivity index (χ0v) is 11.2. The zero-order chi connectivity index (χ0) is 13.3. The minimum absolute atomic E-state index is 0.104. The van der Waals surface area contributed by atoms with Crippen molar-refractivity contribution in [1.29, 1.82) is 0 Å². The van der Waals surface area contributed by atoms with Crippen LogP contribution in [-0.2, 0) is 9.59 Å². The third-order valence-corrected chi connectivity index (χ3v) is 4.40. The van der Waals surface area contributed by atoms with Crippen LogP contribution in [0.4, 0.5) is 5.13 Å². The summed E-state index contributed by atoms with van der Waals surface area (Å²) in [5, 5.41) is 12.3. The smallest absolute Gasteiger partial charge is 0.306 e. The number of carbonyl (C=O) groups excluding carboxylic acids is 1. The van der Waals surface area contributed by atoms with Gasteiger partial charge in [0.25, 0.3) is 0 Å². The van der Waals surface area contributed by atoms with Crippen LogP contribution in [0.25, 0.3) is 0 Å². The molecule has 2 rings (SSSR count). The van der Waals surface area contributed by atoms with E-state index in [1.165, 1.54) is 11.3 Å². The summed E-state index contributed by atoms with van der Waals surface area (Å²) >= 11 is 1.45. The molecular weight excluding hydrogens is 252 g/mol. The number of rotatable bonds is 3. The van der Waals surface area contributed by atoms with Crippen LogP contribution >= 0.6 is 11.3 Å². The van der Waals surface area contributed by atoms with Crippen LogP contribution in [-0.4, -0.2) is 22.0 Å². The van der Waals surface area contributed by atoms with E-state index in [9.17, 15) is 9.59 Å². The number of carboxylic acids is 1. The molecule has 1 aliphatic rings. The first-order chi connectivity index (χ1) is 8.47. The third kappa shape index (κ3) is 2.69. The van der Waals surface area contributed by atoms with Crippen molar-refractivity contribution in [1.82, 2.24) is 4.98 Å². The predicted molar refractivity (Wildman–Crippen MR) is 68.7 cm³/mol. The fourth-order valence-corrected chi connectivity index (χ4v) is 3.00. The summed E-state index contributed by atoms with van der Waals surface area (Å²) in [6, 6.07) is 0. The Morgan fingerprint density at radius 1 is 1.33 bits per heavy atom. The van der Waals surface area contributed by atoms with Crippen molar-refractivity contribution in [3.63, 3.8) is 0 Å². The van der Waals surface area contributed by atoms with Gasteiger partial charge in [-0.25, -0.2) is 4.98 Å². The summed E-state index contributed by atoms with van der Waals surface area (Å²) in [4.78, 5) is 28.1. The lowest BCUT2D eigenvalue weighted by Gasteiger charge is -2.08. The lowest BCUT2D eigenvalue weighted by atomic mass is 10.0. The first kappa shape index (κ1) is 13.0. The Morgan fingerprint density at radius 2 is 2.00 bits per heavy atom. The van der Waals surface area contributed by atoms with Crippen LogP contribution in [0.15, 0.2) is 0 Å². The Kier molecular flexibility index (Phi) is 3.65. The van der Waals surface area contributed by atoms with Crippen molar-refractivity contribution in [3.05, 3.63) is 10.6 Å². The van der Waals surface area contributed by atoms with Gasteiger partial charge in [-0.3, -0.25) is 9.59 Å². The fourth-order valence-electron chi connectivity index (χ4n) is 2.18. The molecule has 0 spiro atoms. The maximum atomic E-state index is 12.0. The number of hydrogen-bond donors (Lipinski definition) is 2. The molecule has 1 aromatic rings. The Balaban J connectivity index is 1.95. The van der Waals surface area contributed by atoms with Crippen molar-refractivity contribution in [2.45, 2.75) is 33.1 Å². The normalized spacial score (nSPS) is 23.0. The van der Waals surface area contributed by atoms with Gasteiger partial charge in [-0.2, -0.15) is 0 Å². The van der Waals surface area contributed by atoms with E-state index in [1.807, 2.05) is 13.8 Å². The first-order valence-electron chi connectivity index (χ1n) is 5.95. The van der Waals surface area contributed by atoms with E-state index in [2.05, 4.69) is 10.3 Å². The van der Waals surface area contributed by atoms with Gasteiger partial charge in [-0.1, -0.05) is 0 Å². The van der Waals surface area contributed by atoms with Crippen LogP contribution in [0.1, 0.15) is 29.8 Å². The second-order valence-electron chi connectivity index (χ2n) is 4.70. The largest absolute Gasteiger partial charge is 0.481 e. The lowest BCUT2D eigenvalue weighted by molar-refractivity contribution is -0.141. The number of hydrogen-bond acceptors (Lipinski definition) is 4. The molecule has 1 saturated carbocycles. The van der Waals surface area contributed by atoms with E-state index in [-0.39, 0.29) is 17.7 Å². The number of thiazole rings is 1. The van der Waals surface area contributed by atoms with Crippen molar-refractivity contribution < 1.29 is 14.7 Å². The number of aryl methyl sites for hydroxylation is 2. The maximum absolute atomic E-state index is 12.0. The average molecular weight is 268 g/mol. The number of carboxylic acid groups (broad SMARTS) is 1. The number of nitrogens with zero attached hydrogens (tertiary/aromatic N) is 1. The minimum atomic E-state index is -0.800. The number of amides is 1. The molecule has 2 N–H and O–H groups in total. The molecule has 0 saturated heterocycles. The highest BCUT2D eigenvalue weighted by atomic mass is 32.1. The van der Waals surface area contributed by atoms with Gasteiger partial charge < -0.3 is 10.4 Å². The van der Waals surface area contributed by atoms with Gasteiger partial charge in [0, 0.05) is 10.8 Å². The van der Waals surface area contributed by atoms with E-state index >= 15 is 0 Å². The molecule has 0 unspecified atom stereocenters. The lowest BCUT2D eigenvalue weighted by Crippen LogP contribution is -2.21. The Labute approximate surface area is 109 Å². The van der Waals surface area contributed by atoms with Gasteiger partial charge in [-0.05, 0) is 33.1 Å². The standard InChI is InChI=1S/C12H16N2O3S/c1-6-7(2)18-12(13-6)14-10(15)8-3-4-9(5-8)11(16)17/h8-9H,3-5H2,1-2H3,(H,16,17)(H,13,14,15)/t8-,9+/m1/s1. The summed E-state index contributed by atoms with van der Waals surface area (Å²) in [5.74, 6) is -1.48. The van der Waals surface area contributed by atoms with Crippen molar-refractivity contribution in [2.75, 3.05) is 5.32 Å². The summed E-state index contributed by atoms with van der Waals surface area (Å²) in [6.07, 6.45) is 1.67. The number of anilines is 1. The summed E-state index contributed by atoms with van der Waals surface area (Å²) < 4.78 is 0. The van der Waals surface area contributed by atoms with E-state index < -0.39 is 5.97 Å². The summed E-state index contributed by atoms with van der Waals surface area (Å²) in [7, 11) is 0. The second kappa shape index (κ2) is 5.06. The topological polar surface area (TPSA) is 79.3 Å². The second-order valence-corrected chi connectivity index (χ2v) is 5.90. The van der Waals surface area contributed by atoms with Crippen LogP contribution in [0.3, 0.4) is 0 Å². The Bertz CT molecular complexity index is 464. The van der Waals surface area contributed by atoms with E-state index in [1.54, 1.807) is 0 Å². The monoisotopic (exact) mass is 268 g/mol. The van der Waals surface area contributed by atoms with Crippen LogP contribution in [0, 0.1) is 25.7 Å². The molecule has 0 bridgehead atoms. The molecule has 0 radical (unpaired) electrons. The van der Waals surface area contributed by atoms with E-state index in [0.29, 0.717) is 24.4 Å². The molecule has 1 fully saturated rings. The van der Waals surface area contributed by atoms with Crippen molar-refractivity contribution in [3.8, 4) is 0 Å². The molecule has 0 aliphatic heterocycles. The van der Waals surface area contributed by atoms with Crippen LogP contribution in [0.2, 0.25) is 0 Å². The molecule has 6 heteroatoms. The summed E-state index contributed by atoms with van der Waals surface area (Å²) in [5.41, 5.74) is 0.921. The number of aromatic nitrogens is 1. The molecule has 18 heavy (non-hydrogen) atoms. The molecule has 98 valence electrons. The average Bonchev–Trinajstić information content (AvgIpc) is 2.87. The molecule has 1 amide bonds. The van der Waals surface area contributed by atoms with Crippen molar-refractivity contribution >= 4 is 28.3 Å². The van der Waals surface area contributed by atoms with Gasteiger partial charge >= 0.3 is 5.97 Å². The predicted octanol–water partition coefficient (Wildman–Crippen LogP) is 2.20. The van der Waals surface area contributed by atoms with Gasteiger partial charge in [0.1, 0.15) is 0 Å². The zero-order valence-electron chi connectivity index (χ0n) is 10.4. The molecule has 2 atom stereocenters. The van der Waals surface area contributed by atoms with Gasteiger partial charge in [0.15, 0.2) is 5.13 Å². The highest BCUT2D eigenvalue weighted by Gasteiger charge is 2.34. The molecule has 5 nitrogen and oxygen atoms in total. The van der Waals surface area contributed by atoms with Crippen molar-refractivity contribution in [2.24, 2.45) is 11.8 Å². The SMILES string of the molecule is Cc1nc(NC(=O)[C@@H]2CC[C@H](C(=O)O)C2)sc1C. The molecular formula is C12H16N2O3S. The number of nitrogens with one attached hydrogen (secondary N) is 1. The van der Waals surface area contributed by atoms with Gasteiger partial charge in [0.05, 0.1) is 11.6 Å². The highest BCUT2D eigenvalue weighted by molar-refractivity contribution is 7.15. The fraction of sp³-hybridized carbons (Fsp3) is 0.583. The maximum Gasteiger partial charge on any atom is 0.306 e. The van der Waals surface area contributed by atoms with E-state index in [0.717, 1.165) is 10.6 Å². The molecule has 1 aromatic heterocycles. The number of carbonyl (C=O) groups is 2. The van der Waals surface area contributed by atoms with Crippen LogP contribution in [0.5, 0.6) is 0 Å². The minimum Gasteiger partial charge on any atom is -0.481 e. The summed E-state index contributed by atoms with van der Waals surface area (Å²) in [6.45, 7) is 3.86. The molecule has 1 heterocycles. The highest BCUT2D eigenvalue weighted by Crippen LogP contribution is 2.32. The number of aliphatic carboxylic acids is 1. The third-order valence-electron chi connectivity index (χ3n) is 3.41. The quantitative estimate of drug-likeness (QED) is 0.880. The Hall–Kier alpha value is -1.43. The Morgan fingerprint density at radius 3 is 2.50 bits per heavy atom. The molecule has 1 aliphatic carbocycles. The van der Waals surface area contributed by atoms with Gasteiger partial charge in [-0.15, -0.1) is 11.3 Å².